The lowest BCUT2D eigenvalue weighted by Gasteiger charge is -2.15. The van der Waals surface area contributed by atoms with Crippen molar-refractivity contribution >= 4 is 11.6 Å². The number of anilines is 1. The molecule has 5 heteroatoms. The first kappa shape index (κ1) is 15.9. The van der Waals surface area contributed by atoms with Gasteiger partial charge in [-0.1, -0.05) is 35.9 Å². The fourth-order valence-corrected chi connectivity index (χ4v) is 2.64. The summed E-state index contributed by atoms with van der Waals surface area (Å²) in [6.07, 6.45) is 0. The second-order valence-corrected chi connectivity index (χ2v) is 5.91. The normalized spacial score (nSPS) is 10.7. The summed E-state index contributed by atoms with van der Waals surface area (Å²) in [4.78, 5) is 15.9. The van der Waals surface area contributed by atoms with Gasteiger partial charge in [-0.2, -0.15) is 9.90 Å². The number of nitrogens with zero attached hydrogens (tertiary/aromatic N) is 4. The summed E-state index contributed by atoms with van der Waals surface area (Å²) in [7, 11) is 1.74. The average Bonchev–Trinajstić information content (AvgIpc) is 2.95. The van der Waals surface area contributed by atoms with E-state index >= 15 is 0 Å². The summed E-state index contributed by atoms with van der Waals surface area (Å²) >= 11 is 0. The summed E-state index contributed by atoms with van der Waals surface area (Å²) in [5, 5.41) is 8.86. The smallest absolute Gasteiger partial charge is 0.280 e. The molecule has 0 aliphatic heterocycles. The Morgan fingerprint density at radius 1 is 1.00 bits per heavy atom. The first-order valence-corrected chi connectivity index (χ1v) is 7.82. The van der Waals surface area contributed by atoms with Gasteiger partial charge in [0.15, 0.2) is 5.69 Å². The van der Waals surface area contributed by atoms with Crippen molar-refractivity contribution in [3.63, 3.8) is 0 Å². The third-order valence-electron chi connectivity index (χ3n) is 4.00. The number of hydrogen-bond donors (Lipinski definition) is 0. The molecule has 1 amide bonds. The predicted molar refractivity (Wildman–Crippen MR) is 94.7 cm³/mol. The first-order chi connectivity index (χ1) is 11.5. The SMILES string of the molecule is Cc1ccc(-n2nc(C)c(C(=O)N(C)c3ccccc3)n2)c(C)c1. The van der Waals surface area contributed by atoms with Crippen LogP contribution in [0.15, 0.2) is 48.5 Å². The standard InChI is InChI=1S/C19H20N4O/c1-13-10-11-17(14(2)12-13)23-20-15(3)18(21-23)19(24)22(4)16-8-6-5-7-9-16/h5-12H,1-4H3. The maximum Gasteiger partial charge on any atom is 0.280 e. The van der Waals surface area contributed by atoms with Gasteiger partial charge >= 0.3 is 0 Å². The van der Waals surface area contributed by atoms with Crippen LogP contribution in [-0.2, 0) is 0 Å². The molecule has 0 aliphatic rings. The van der Waals surface area contributed by atoms with Crippen LogP contribution in [0.4, 0.5) is 5.69 Å². The van der Waals surface area contributed by atoms with Crippen LogP contribution in [0.1, 0.15) is 27.3 Å². The van der Waals surface area contributed by atoms with Crippen molar-refractivity contribution in [1.29, 1.82) is 0 Å². The van der Waals surface area contributed by atoms with Gasteiger partial charge in [0.25, 0.3) is 5.91 Å². The number of carbonyl (C=O) groups excluding carboxylic acids is 1. The fourth-order valence-electron chi connectivity index (χ4n) is 2.64. The third-order valence-corrected chi connectivity index (χ3v) is 4.00. The molecule has 122 valence electrons. The molecule has 5 nitrogen and oxygen atoms in total. The molecule has 0 saturated carbocycles. The Kier molecular flexibility index (Phi) is 4.16. The van der Waals surface area contributed by atoms with Gasteiger partial charge in [0.05, 0.1) is 11.4 Å². The molecule has 3 aromatic rings. The molecule has 0 N–H and O–H groups in total. The zero-order valence-electron chi connectivity index (χ0n) is 14.3. The fraction of sp³-hybridized carbons (Fsp3) is 0.211. The number of aryl methyl sites for hydroxylation is 3. The monoisotopic (exact) mass is 320 g/mol. The quantitative estimate of drug-likeness (QED) is 0.742. The Balaban J connectivity index is 1.95. The molecule has 24 heavy (non-hydrogen) atoms. The molecule has 0 atom stereocenters. The predicted octanol–water partition coefficient (Wildman–Crippen LogP) is 3.47. The van der Waals surface area contributed by atoms with Gasteiger partial charge in [0.1, 0.15) is 0 Å². The minimum atomic E-state index is -0.172. The van der Waals surface area contributed by atoms with E-state index in [0.717, 1.165) is 16.9 Å². The van der Waals surface area contributed by atoms with Crippen molar-refractivity contribution in [2.24, 2.45) is 0 Å². The molecule has 3 rings (SSSR count). The summed E-state index contributed by atoms with van der Waals surface area (Å²) in [6.45, 7) is 5.86. The Morgan fingerprint density at radius 3 is 2.38 bits per heavy atom. The molecule has 0 spiro atoms. The van der Waals surface area contributed by atoms with Gasteiger partial charge in [-0.3, -0.25) is 4.79 Å². The maximum absolute atomic E-state index is 12.8. The topological polar surface area (TPSA) is 51.0 Å². The van der Waals surface area contributed by atoms with Crippen molar-refractivity contribution in [3.8, 4) is 5.69 Å². The molecule has 0 radical (unpaired) electrons. The van der Waals surface area contributed by atoms with E-state index in [0.29, 0.717) is 11.4 Å². The van der Waals surface area contributed by atoms with E-state index in [1.807, 2.05) is 56.3 Å². The highest BCUT2D eigenvalue weighted by Crippen LogP contribution is 2.18. The maximum atomic E-state index is 12.8. The zero-order chi connectivity index (χ0) is 17.3. The van der Waals surface area contributed by atoms with Crippen LogP contribution in [-0.4, -0.2) is 27.9 Å². The summed E-state index contributed by atoms with van der Waals surface area (Å²) in [6, 6.07) is 15.6. The number of benzene rings is 2. The highest BCUT2D eigenvalue weighted by molar-refractivity contribution is 6.05. The van der Waals surface area contributed by atoms with Crippen molar-refractivity contribution in [3.05, 3.63) is 71.0 Å². The lowest BCUT2D eigenvalue weighted by Crippen LogP contribution is -2.27. The molecule has 0 unspecified atom stereocenters. The van der Waals surface area contributed by atoms with E-state index in [1.165, 1.54) is 10.4 Å². The van der Waals surface area contributed by atoms with E-state index in [2.05, 4.69) is 16.3 Å². The van der Waals surface area contributed by atoms with Gasteiger partial charge in [0, 0.05) is 12.7 Å². The number of hydrogen-bond acceptors (Lipinski definition) is 3. The molecule has 1 aromatic heterocycles. The number of para-hydroxylation sites is 1. The molecule has 0 bridgehead atoms. The molecular formula is C19H20N4O. The number of amides is 1. The van der Waals surface area contributed by atoms with Crippen LogP contribution in [0.3, 0.4) is 0 Å². The Morgan fingerprint density at radius 2 is 1.71 bits per heavy atom. The minimum absolute atomic E-state index is 0.172. The minimum Gasteiger partial charge on any atom is -0.310 e. The third kappa shape index (κ3) is 2.93. The molecule has 0 saturated heterocycles. The van der Waals surface area contributed by atoms with E-state index in [9.17, 15) is 4.79 Å². The van der Waals surface area contributed by atoms with Crippen LogP contribution in [0, 0.1) is 20.8 Å². The Labute approximate surface area is 141 Å². The van der Waals surface area contributed by atoms with Crippen LogP contribution in [0.2, 0.25) is 0 Å². The number of rotatable bonds is 3. The van der Waals surface area contributed by atoms with Crippen LogP contribution < -0.4 is 4.90 Å². The lowest BCUT2D eigenvalue weighted by molar-refractivity contribution is 0.0987. The van der Waals surface area contributed by atoms with Crippen molar-refractivity contribution < 1.29 is 4.79 Å². The first-order valence-electron chi connectivity index (χ1n) is 7.82. The van der Waals surface area contributed by atoms with E-state index < -0.39 is 0 Å². The zero-order valence-corrected chi connectivity index (χ0v) is 14.3. The number of aromatic nitrogens is 3. The lowest BCUT2D eigenvalue weighted by atomic mass is 10.1. The number of carbonyl (C=O) groups is 1. The van der Waals surface area contributed by atoms with Crippen LogP contribution in [0.25, 0.3) is 5.69 Å². The van der Waals surface area contributed by atoms with Crippen molar-refractivity contribution in [1.82, 2.24) is 15.0 Å². The van der Waals surface area contributed by atoms with Gasteiger partial charge in [-0.15, -0.1) is 5.10 Å². The van der Waals surface area contributed by atoms with Gasteiger partial charge < -0.3 is 4.90 Å². The van der Waals surface area contributed by atoms with Gasteiger partial charge in [-0.05, 0) is 44.5 Å². The summed E-state index contributed by atoms with van der Waals surface area (Å²) in [5.41, 5.74) is 4.93. The Bertz CT molecular complexity index is 884. The van der Waals surface area contributed by atoms with Crippen LogP contribution in [0.5, 0.6) is 0 Å². The molecule has 1 heterocycles. The van der Waals surface area contributed by atoms with E-state index in [-0.39, 0.29) is 5.91 Å². The Hall–Kier alpha value is -2.95. The van der Waals surface area contributed by atoms with Gasteiger partial charge in [-0.25, -0.2) is 0 Å². The molecule has 0 aliphatic carbocycles. The molecule has 2 aromatic carbocycles. The van der Waals surface area contributed by atoms with E-state index in [4.69, 9.17) is 0 Å². The second kappa shape index (κ2) is 6.28. The molecule has 0 fully saturated rings. The summed E-state index contributed by atoms with van der Waals surface area (Å²) < 4.78 is 0. The summed E-state index contributed by atoms with van der Waals surface area (Å²) in [5.74, 6) is -0.172. The second-order valence-electron chi connectivity index (χ2n) is 5.91. The van der Waals surface area contributed by atoms with Gasteiger partial charge in [0.2, 0.25) is 0 Å². The average molecular weight is 320 g/mol. The highest BCUT2D eigenvalue weighted by atomic mass is 16.2. The van der Waals surface area contributed by atoms with Crippen molar-refractivity contribution in [2.45, 2.75) is 20.8 Å². The van der Waals surface area contributed by atoms with E-state index in [1.54, 1.807) is 18.9 Å². The highest BCUT2D eigenvalue weighted by Gasteiger charge is 2.21. The van der Waals surface area contributed by atoms with Crippen LogP contribution >= 0.6 is 0 Å². The molecular weight excluding hydrogens is 300 g/mol. The van der Waals surface area contributed by atoms with Crippen molar-refractivity contribution in [2.75, 3.05) is 11.9 Å². The largest absolute Gasteiger partial charge is 0.310 e.